The summed E-state index contributed by atoms with van der Waals surface area (Å²) in [4.78, 5) is 0. The van der Waals surface area contributed by atoms with Gasteiger partial charge in [-0.25, -0.2) is 0 Å². The van der Waals surface area contributed by atoms with E-state index in [2.05, 4.69) is 9.24 Å². The van der Waals surface area contributed by atoms with Crippen molar-refractivity contribution in [3.05, 3.63) is 0 Å². The largest absolute Gasteiger partial charge is 1.00 e. The number of halogens is 1. The lowest BCUT2D eigenvalue weighted by atomic mass is 10.4. The highest BCUT2D eigenvalue weighted by molar-refractivity contribution is 7.17. The van der Waals surface area contributed by atoms with Gasteiger partial charge in [-0.15, -0.1) is 0 Å². The van der Waals surface area contributed by atoms with Gasteiger partial charge in [0.15, 0.2) is 0 Å². The zero-order valence-electron chi connectivity index (χ0n) is 4.49. The van der Waals surface area contributed by atoms with Crippen molar-refractivity contribution in [3.63, 3.8) is 0 Å². The Morgan fingerprint density at radius 3 is 1.71 bits per heavy atom. The molecule has 2 heteroatoms. The molecule has 7 heavy (non-hydrogen) atoms. The quantitative estimate of drug-likeness (QED) is 0.402. The third-order valence-electron chi connectivity index (χ3n) is 1.47. The van der Waals surface area contributed by atoms with E-state index in [-0.39, 0.29) is 17.0 Å². The van der Waals surface area contributed by atoms with Crippen LogP contribution in [-0.2, 0) is 0 Å². The molecular formula is C5H12BrP. The summed E-state index contributed by atoms with van der Waals surface area (Å²) < 4.78 is 0. The minimum atomic E-state index is 0. The summed E-state index contributed by atoms with van der Waals surface area (Å²) >= 11 is 0. The Bertz CT molecular complexity index is 41.3. The van der Waals surface area contributed by atoms with Crippen LogP contribution in [0.5, 0.6) is 0 Å². The number of hydrogen-bond acceptors (Lipinski definition) is 0. The molecule has 1 saturated carbocycles. The van der Waals surface area contributed by atoms with Crippen molar-refractivity contribution >= 4 is 9.24 Å². The lowest BCUT2D eigenvalue weighted by molar-refractivity contribution is -0.00000120. The van der Waals surface area contributed by atoms with Crippen LogP contribution in [-0.4, -0.2) is 5.66 Å². The predicted molar refractivity (Wildman–Crippen MR) is 33.4 cm³/mol. The Labute approximate surface area is 58.0 Å². The lowest BCUT2D eigenvalue weighted by Crippen LogP contribution is -3.00. The fraction of sp³-hybridized carbons (Fsp3) is 1.00. The van der Waals surface area contributed by atoms with E-state index in [0.717, 1.165) is 5.66 Å². The van der Waals surface area contributed by atoms with Crippen LogP contribution in [0.4, 0.5) is 0 Å². The van der Waals surface area contributed by atoms with E-state index in [4.69, 9.17) is 0 Å². The molecule has 0 spiro atoms. The van der Waals surface area contributed by atoms with Crippen molar-refractivity contribution in [1.29, 1.82) is 0 Å². The average Bonchev–Trinajstić information content (AvgIpc) is 1.86. The first-order chi connectivity index (χ1) is 2.89. The first-order valence-electron chi connectivity index (χ1n) is 2.72. The first-order valence-corrected chi connectivity index (χ1v) is 3.54. The van der Waals surface area contributed by atoms with Gasteiger partial charge in [0, 0.05) is 0 Å². The predicted octanol–water partition coefficient (Wildman–Crippen LogP) is -1.46. The maximum Gasteiger partial charge on any atom is 0.0630 e. The molecule has 1 unspecified atom stereocenters. The van der Waals surface area contributed by atoms with Gasteiger partial charge < -0.3 is 17.0 Å². The van der Waals surface area contributed by atoms with E-state index in [1.54, 1.807) is 0 Å². The smallest absolute Gasteiger partial charge is 0.0630 e. The van der Waals surface area contributed by atoms with Gasteiger partial charge in [-0.2, -0.15) is 0 Å². The molecule has 0 radical (unpaired) electrons. The monoisotopic (exact) mass is 182 g/mol. The Morgan fingerprint density at radius 2 is 1.57 bits per heavy atom. The maximum absolute atomic E-state index is 2.16. The van der Waals surface area contributed by atoms with Crippen LogP contribution in [0.15, 0.2) is 0 Å². The second-order valence-corrected chi connectivity index (χ2v) is 3.31. The van der Waals surface area contributed by atoms with Crippen LogP contribution in [0.1, 0.15) is 25.7 Å². The van der Waals surface area contributed by atoms with Crippen molar-refractivity contribution in [3.8, 4) is 0 Å². The minimum absolute atomic E-state index is 0. The van der Waals surface area contributed by atoms with Crippen LogP contribution in [0.25, 0.3) is 0 Å². The van der Waals surface area contributed by atoms with Gasteiger partial charge in [0.1, 0.15) is 0 Å². The Morgan fingerprint density at radius 1 is 1.14 bits per heavy atom. The van der Waals surface area contributed by atoms with E-state index < -0.39 is 0 Å². The Balaban J connectivity index is 0.000000360. The van der Waals surface area contributed by atoms with E-state index >= 15 is 0 Å². The molecule has 0 bridgehead atoms. The first kappa shape index (κ1) is 7.91. The fourth-order valence-corrected chi connectivity index (χ4v) is 1.59. The third kappa shape index (κ3) is 2.66. The highest BCUT2D eigenvalue weighted by Crippen LogP contribution is 2.24. The molecule has 1 rings (SSSR count). The summed E-state index contributed by atoms with van der Waals surface area (Å²) in [5.41, 5.74) is 1.07. The van der Waals surface area contributed by atoms with Crippen LogP contribution >= 0.6 is 9.24 Å². The molecule has 44 valence electrons. The van der Waals surface area contributed by atoms with Crippen molar-refractivity contribution in [2.45, 2.75) is 31.3 Å². The molecule has 0 N–H and O–H groups in total. The lowest BCUT2D eigenvalue weighted by Gasteiger charge is -1.84. The summed E-state index contributed by atoms with van der Waals surface area (Å²) in [6.07, 6.45) is 5.99. The summed E-state index contributed by atoms with van der Waals surface area (Å²) in [7, 11) is 2.16. The van der Waals surface area contributed by atoms with Gasteiger partial charge in [-0.1, -0.05) is 0 Å². The molecule has 1 fully saturated rings. The van der Waals surface area contributed by atoms with Gasteiger partial charge in [-0.05, 0) is 34.9 Å². The molecule has 1 aliphatic rings. The zero-order chi connectivity index (χ0) is 4.41. The molecule has 0 aromatic carbocycles. The molecule has 0 aromatic heterocycles. The van der Waals surface area contributed by atoms with Gasteiger partial charge in [0.2, 0.25) is 0 Å². The second-order valence-electron chi connectivity index (χ2n) is 2.15. The summed E-state index contributed by atoms with van der Waals surface area (Å²) in [6, 6.07) is 0. The molecule has 0 aliphatic heterocycles. The van der Waals surface area contributed by atoms with Gasteiger partial charge >= 0.3 is 0 Å². The molecule has 0 amide bonds. The standard InChI is InChI=1S/C5H11P.BrH/c6-5-3-1-2-4-5;/h5H,1-4,6H2;1H. The zero-order valence-corrected chi connectivity index (χ0v) is 7.49. The normalized spacial score (nSPS) is 22.3. The molecule has 1 atom stereocenters. The van der Waals surface area contributed by atoms with Crippen LogP contribution in [0.2, 0.25) is 0 Å². The van der Waals surface area contributed by atoms with E-state index in [1.807, 2.05) is 0 Å². The van der Waals surface area contributed by atoms with Crippen molar-refractivity contribution < 1.29 is 17.0 Å². The average molecular weight is 183 g/mol. The Kier molecular flexibility index (Phi) is 4.36. The van der Waals surface area contributed by atoms with Crippen molar-refractivity contribution in [2.75, 3.05) is 0 Å². The second kappa shape index (κ2) is 3.86. The van der Waals surface area contributed by atoms with Crippen molar-refractivity contribution in [2.24, 2.45) is 0 Å². The van der Waals surface area contributed by atoms with Crippen LogP contribution in [0, 0.1) is 0 Å². The highest BCUT2D eigenvalue weighted by atomic mass is 79.9. The van der Waals surface area contributed by atoms with Crippen LogP contribution < -0.4 is 17.0 Å². The van der Waals surface area contributed by atoms with Crippen molar-refractivity contribution in [1.82, 2.24) is 0 Å². The van der Waals surface area contributed by atoms with E-state index in [9.17, 15) is 0 Å². The summed E-state index contributed by atoms with van der Waals surface area (Å²) in [5.74, 6) is 0. The van der Waals surface area contributed by atoms with Gasteiger partial charge in [0.25, 0.3) is 0 Å². The molecule has 0 saturated heterocycles. The third-order valence-corrected chi connectivity index (χ3v) is 2.29. The Hall–Kier alpha value is 0.910. The van der Waals surface area contributed by atoms with Gasteiger partial charge in [-0.3, -0.25) is 0 Å². The molecule has 0 heterocycles. The van der Waals surface area contributed by atoms with E-state index in [0.29, 0.717) is 0 Å². The summed E-state index contributed by atoms with van der Waals surface area (Å²) in [6.45, 7) is 0. The number of rotatable bonds is 0. The van der Waals surface area contributed by atoms with Gasteiger partial charge in [0.05, 0.1) is 5.66 Å². The molecule has 1 aliphatic carbocycles. The fourth-order valence-electron chi connectivity index (χ4n) is 1.01. The number of hydrogen-bond donors (Lipinski definition) is 0. The van der Waals surface area contributed by atoms with Crippen LogP contribution in [0.3, 0.4) is 0 Å². The van der Waals surface area contributed by atoms with E-state index in [1.165, 1.54) is 25.7 Å². The maximum atomic E-state index is 2.16. The molecule has 0 aromatic rings. The summed E-state index contributed by atoms with van der Waals surface area (Å²) in [5, 5.41) is 0. The molecular weight excluding hydrogens is 171 g/mol. The SMILES string of the molecule is [Br-].[PH3+]C1CCCC1. The molecule has 0 nitrogen and oxygen atoms in total. The minimum Gasteiger partial charge on any atom is -1.00 e. The highest BCUT2D eigenvalue weighted by Gasteiger charge is 2.11. The topological polar surface area (TPSA) is 0 Å².